The molecular weight excluding hydrogens is 453 g/mol. The summed E-state index contributed by atoms with van der Waals surface area (Å²) >= 11 is 9.11. The van der Waals surface area contributed by atoms with Crippen LogP contribution >= 0.6 is 27.5 Å². The molecule has 0 saturated carbocycles. The molecule has 0 aliphatic rings. The summed E-state index contributed by atoms with van der Waals surface area (Å²) in [4.78, 5) is 8.50. The molecule has 0 unspecified atom stereocenters. The Bertz CT molecular complexity index is 961. The minimum Gasteiger partial charge on any atom is -0.493 e. The van der Waals surface area contributed by atoms with E-state index in [4.69, 9.17) is 25.8 Å². The highest BCUT2D eigenvalue weighted by molar-refractivity contribution is 9.09. The van der Waals surface area contributed by atoms with Crippen molar-refractivity contribution in [1.29, 1.82) is 0 Å². The highest BCUT2D eigenvalue weighted by Gasteiger charge is 2.13. The van der Waals surface area contributed by atoms with Crippen LogP contribution < -0.4 is 14.8 Å². The van der Waals surface area contributed by atoms with Crippen LogP contribution in [0, 0.1) is 5.82 Å². The van der Waals surface area contributed by atoms with Gasteiger partial charge in [-0.1, -0.05) is 27.5 Å². The second-order valence-corrected chi connectivity index (χ2v) is 6.87. The van der Waals surface area contributed by atoms with Crippen LogP contribution in [-0.4, -0.2) is 42.2 Å². The highest BCUT2D eigenvalue weighted by atomic mass is 79.9. The third-order valence-electron chi connectivity index (χ3n) is 3.81. The molecule has 1 N–H and O–H groups in total. The molecule has 0 aliphatic heterocycles. The van der Waals surface area contributed by atoms with E-state index in [1.54, 1.807) is 31.4 Å². The Morgan fingerprint density at radius 2 is 1.96 bits per heavy atom. The van der Waals surface area contributed by atoms with Crippen LogP contribution in [0.3, 0.4) is 0 Å². The molecule has 0 saturated heterocycles. The van der Waals surface area contributed by atoms with Gasteiger partial charge in [0.2, 0.25) is 0 Å². The van der Waals surface area contributed by atoms with E-state index >= 15 is 0 Å². The fourth-order valence-electron chi connectivity index (χ4n) is 2.52. The average Bonchev–Trinajstić information content (AvgIpc) is 2.69. The molecule has 9 heteroatoms. The van der Waals surface area contributed by atoms with Crippen LogP contribution in [-0.2, 0) is 4.74 Å². The topological polar surface area (TPSA) is 65.5 Å². The maximum atomic E-state index is 14.1. The Labute approximate surface area is 175 Å². The highest BCUT2D eigenvalue weighted by Crippen LogP contribution is 2.35. The Balaban J connectivity index is 1.87. The van der Waals surface area contributed by atoms with E-state index in [1.165, 1.54) is 12.4 Å². The molecule has 6 nitrogen and oxygen atoms in total. The van der Waals surface area contributed by atoms with Gasteiger partial charge in [-0.2, -0.15) is 0 Å². The van der Waals surface area contributed by atoms with Gasteiger partial charge in [0.1, 0.15) is 24.6 Å². The maximum Gasteiger partial charge on any atom is 0.163 e. The number of fused-ring (bicyclic) bond motifs is 1. The van der Waals surface area contributed by atoms with Gasteiger partial charge >= 0.3 is 0 Å². The fourth-order valence-corrected chi connectivity index (χ4v) is 2.91. The lowest BCUT2D eigenvalue weighted by atomic mass is 10.2. The zero-order valence-corrected chi connectivity index (χ0v) is 17.4. The first-order valence-electron chi connectivity index (χ1n) is 8.43. The molecule has 0 spiro atoms. The molecule has 148 valence electrons. The molecule has 3 rings (SSSR count). The number of aromatic nitrogens is 2. The Morgan fingerprint density at radius 1 is 1.11 bits per heavy atom. The lowest BCUT2D eigenvalue weighted by molar-refractivity contribution is 0.111. The van der Waals surface area contributed by atoms with Gasteiger partial charge in [0.15, 0.2) is 11.5 Å². The summed E-state index contributed by atoms with van der Waals surface area (Å²) in [5, 5.41) is 4.73. The molecule has 0 amide bonds. The van der Waals surface area contributed by atoms with Gasteiger partial charge in [-0.15, -0.1) is 0 Å². The summed E-state index contributed by atoms with van der Waals surface area (Å²) in [6.07, 6.45) is 1.40. The molecule has 2 aromatic carbocycles. The standard InChI is InChI=1S/C19H18BrClFN3O3/c1-26-17-9-13-16(10-18(17)28-7-6-27-5-4-20)23-11-24-19(13)25-15-3-2-12(21)8-14(15)22/h2-3,8-11H,4-7H2,1H3,(H,23,24,25). The molecule has 0 bridgehead atoms. The van der Waals surface area contributed by atoms with E-state index in [0.29, 0.717) is 53.1 Å². The Kier molecular flexibility index (Phi) is 7.24. The van der Waals surface area contributed by atoms with Crippen LogP contribution in [0.15, 0.2) is 36.7 Å². The van der Waals surface area contributed by atoms with E-state index < -0.39 is 5.82 Å². The summed E-state index contributed by atoms with van der Waals surface area (Å²) in [6, 6.07) is 7.88. The van der Waals surface area contributed by atoms with E-state index in [9.17, 15) is 4.39 Å². The minimum absolute atomic E-state index is 0.257. The van der Waals surface area contributed by atoms with Crippen molar-refractivity contribution in [1.82, 2.24) is 9.97 Å². The number of halogens is 3. The zero-order valence-electron chi connectivity index (χ0n) is 15.0. The van der Waals surface area contributed by atoms with Crippen molar-refractivity contribution >= 4 is 49.9 Å². The van der Waals surface area contributed by atoms with Crippen LogP contribution in [0.2, 0.25) is 5.02 Å². The number of hydrogen-bond acceptors (Lipinski definition) is 6. The first-order valence-corrected chi connectivity index (χ1v) is 9.93. The number of rotatable bonds is 9. The van der Waals surface area contributed by atoms with Gasteiger partial charge in [-0.05, 0) is 24.3 Å². The van der Waals surface area contributed by atoms with Crippen LogP contribution in [0.5, 0.6) is 11.5 Å². The van der Waals surface area contributed by atoms with E-state index in [2.05, 4.69) is 31.2 Å². The summed E-state index contributed by atoms with van der Waals surface area (Å²) < 4.78 is 30.7. The Morgan fingerprint density at radius 3 is 2.71 bits per heavy atom. The van der Waals surface area contributed by atoms with Crippen molar-refractivity contribution in [3.8, 4) is 11.5 Å². The van der Waals surface area contributed by atoms with Crippen molar-refractivity contribution < 1.29 is 18.6 Å². The third kappa shape index (κ3) is 5.01. The van der Waals surface area contributed by atoms with Crippen molar-refractivity contribution in [2.24, 2.45) is 0 Å². The monoisotopic (exact) mass is 469 g/mol. The van der Waals surface area contributed by atoms with Gasteiger partial charge in [0.05, 0.1) is 31.5 Å². The van der Waals surface area contributed by atoms with Crippen molar-refractivity contribution in [3.05, 3.63) is 47.5 Å². The largest absolute Gasteiger partial charge is 0.493 e. The summed E-state index contributed by atoms with van der Waals surface area (Å²) in [5.41, 5.74) is 0.886. The number of alkyl halides is 1. The number of ether oxygens (including phenoxy) is 3. The van der Waals surface area contributed by atoms with Crippen molar-refractivity contribution in [3.63, 3.8) is 0 Å². The maximum absolute atomic E-state index is 14.1. The van der Waals surface area contributed by atoms with Gasteiger partial charge in [0, 0.05) is 21.8 Å². The molecule has 0 fully saturated rings. The third-order valence-corrected chi connectivity index (χ3v) is 4.37. The normalized spacial score (nSPS) is 10.9. The smallest absolute Gasteiger partial charge is 0.163 e. The number of nitrogens with zero attached hydrogens (tertiary/aromatic N) is 2. The van der Waals surface area contributed by atoms with E-state index in [-0.39, 0.29) is 5.69 Å². The van der Waals surface area contributed by atoms with Crippen LogP contribution in [0.25, 0.3) is 10.9 Å². The number of benzene rings is 2. The molecule has 3 aromatic rings. The SMILES string of the molecule is COc1cc2c(Nc3ccc(Cl)cc3F)ncnc2cc1OCCOCCBr. The lowest BCUT2D eigenvalue weighted by Crippen LogP contribution is -2.08. The van der Waals surface area contributed by atoms with E-state index in [0.717, 1.165) is 5.33 Å². The second-order valence-electron chi connectivity index (χ2n) is 5.64. The van der Waals surface area contributed by atoms with Crippen molar-refractivity contribution in [2.75, 3.05) is 37.6 Å². The van der Waals surface area contributed by atoms with Crippen LogP contribution in [0.1, 0.15) is 0 Å². The first-order chi connectivity index (χ1) is 13.6. The number of methoxy groups -OCH3 is 1. The predicted octanol–water partition coefficient (Wildman–Crippen LogP) is 4.96. The Hall–Kier alpha value is -2.16. The zero-order chi connectivity index (χ0) is 19.9. The lowest BCUT2D eigenvalue weighted by Gasteiger charge is -2.14. The van der Waals surface area contributed by atoms with E-state index in [1.807, 2.05) is 0 Å². The number of anilines is 2. The van der Waals surface area contributed by atoms with Crippen molar-refractivity contribution in [2.45, 2.75) is 0 Å². The van der Waals surface area contributed by atoms with Crippen LogP contribution in [0.4, 0.5) is 15.9 Å². The van der Waals surface area contributed by atoms with Gasteiger partial charge < -0.3 is 19.5 Å². The molecule has 0 atom stereocenters. The second kappa shape index (κ2) is 9.86. The fraction of sp³-hybridized carbons (Fsp3) is 0.263. The predicted molar refractivity (Wildman–Crippen MR) is 111 cm³/mol. The number of nitrogens with one attached hydrogen (secondary N) is 1. The molecule has 1 aromatic heterocycles. The summed E-state index contributed by atoms with van der Waals surface area (Å²) in [7, 11) is 1.55. The summed E-state index contributed by atoms with van der Waals surface area (Å²) in [5.74, 6) is 1.02. The van der Waals surface area contributed by atoms with Gasteiger partial charge in [-0.3, -0.25) is 0 Å². The van der Waals surface area contributed by atoms with Gasteiger partial charge in [0.25, 0.3) is 0 Å². The number of hydrogen-bond donors (Lipinski definition) is 1. The quantitative estimate of drug-likeness (QED) is 0.352. The first kappa shape index (κ1) is 20.6. The van der Waals surface area contributed by atoms with Gasteiger partial charge in [-0.25, -0.2) is 14.4 Å². The minimum atomic E-state index is -0.477. The average molecular weight is 471 g/mol. The summed E-state index contributed by atoms with van der Waals surface area (Å²) in [6.45, 7) is 1.45. The molecule has 0 aliphatic carbocycles. The molecular formula is C19H18BrClFN3O3. The molecule has 1 heterocycles. The molecule has 28 heavy (non-hydrogen) atoms. The molecule has 0 radical (unpaired) electrons.